The maximum absolute atomic E-state index is 12.6. The molecule has 3 saturated heterocycles. The lowest BCUT2D eigenvalue weighted by atomic mass is 9.86. The van der Waals surface area contributed by atoms with E-state index in [1.807, 2.05) is 45.0 Å². The summed E-state index contributed by atoms with van der Waals surface area (Å²) in [5, 5.41) is 0. The number of benzene rings is 1. The highest BCUT2D eigenvalue weighted by atomic mass is 16.2. The molecule has 0 saturated carbocycles. The largest absolute Gasteiger partial charge is 0.325 e. The SMILES string of the molecule is O=C(N1CCCC1)N1CCC2(CC(=O)N(c3ccccc3)C2)C1. The van der Waals surface area contributed by atoms with Gasteiger partial charge in [0.2, 0.25) is 5.91 Å². The van der Waals surface area contributed by atoms with Crippen LogP contribution in [-0.2, 0) is 4.79 Å². The lowest BCUT2D eigenvalue weighted by molar-refractivity contribution is -0.117. The molecule has 122 valence electrons. The number of urea groups is 1. The van der Waals surface area contributed by atoms with Crippen LogP contribution in [0.5, 0.6) is 0 Å². The lowest BCUT2D eigenvalue weighted by Gasteiger charge is -2.27. The van der Waals surface area contributed by atoms with E-state index in [0.29, 0.717) is 6.42 Å². The molecule has 23 heavy (non-hydrogen) atoms. The summed E-state index contributed by atoms with van der Waals surface area (Å²) in [5.74, 6) is 0.187. The highest BCUT2D eigenvalue weighted by molar-refractivity contribution is 5.96. The van der Waals surface area contributed by atoms with Crippen molar-refractivity contribution < 1.29 is 9.59 Å². The first kappa shape index (κ1) is 14.5. The predicted octanol–water partition coefficient (Wildman–Crippen LogP) is 2.33. The number of carbonyl (C=O) groups is 2. The number of rotatable bonds is 1. The zero-order chi connectivity index (χ0) is 15.9. The molecule has 0 aromatic heterocycles. The first-order chi connectivity index (χ1) is 11.2. The molecule has 3 heterocycles. The van der Waals surface area contributed by atoms with Gasteiger partial charge in [-0.1, -0.05) is 18.2 Å². The summed E-state index contributed by atoms with van der Waals surface area (Å²) in [4.78, 5) is 30.9. The van der Waals surface area contributed by atoms with E-state index in [1.54, 1.807) is 0 Å². The van der Waals surface area contributed by atoms with Gasteiger partial charge in [0.05, 0.1) is 0 Å². The molecule has 0 N–H and O–H groups in total. The van der Waals surface area contributed by atoms with Gasteiger partial charge in [-0.3, -0.25) is 4.79 Å². The van der Waals surface area contributed by atoms with E-state index >= 15 is 0 Å². The van der Waals surface area contributed by atoms with Crippen molar-refractivity contribution in [1.82, 2.24) is 9.80 Å². The van der Waals surface area contributed by atoms with Gasteiger partial charge in [0.15, 0.2) is 0 Å². The van der Waals surface area contributed by atoms with E-state index in [-0.39, 0.29) is 17.4 Å². The van der Waals surface area contributed by atoms with E-state index in [2.05, 4.69) is 0 Å². The monoisotopic (exact) mass is 313 g/mol. The standard InChI is InChI=1S/C18H23N3O2/c22-16-12-18(14-21(16)15-6-2-1-3-7-15)8-11-20(13-18)17(23)19-9-4-5-10-19/h1-3,6-7H,4-5,8-14H2. The minimum absolute atomic E-state index is 0.0533. The maximum Gasteiger partial charge on any atom is 0.320 e. The molecular weight excluding hydrogens is 290 g/mol. The van der Waals surface area contributed by atoms with Crippen LogP contribution in [0.25, 0.3) is 0 Å². The fourth-order valence-electron chi connectivity index (χ4n) is 4.22. The van der Waals surface area contributed by atoms with E-state index in [0.717, 1.165) is 57.7 Å². The predicted molar refractivity (Wildman–Crippen MR) is 88.2 cm³/mol. The van der Waals surface area contributed by atoms with Crippen LogP contribution in [0.2, 0.25) is 0 Å². The van der Waals surface area contributed by atoms with Gasteiger partial charge >= 0.3 is 6.03 Å². The number of carbonyl (C=O) groups excluding carboxylic acids is 2. The van der Waals surface area contributed by atoms with Crippen LogP contribution in [0.15, 0.2) is 30.3 Å². The summed E-state index contributed by atoms with van der Waals surface area (Å²) < 4.78 is 0. The van der Waals surface area contributed by atoms with Crippen LogP contribution in [0.4, 0.5) is 10.5 Å². The Balaban J connectivity index is 1.46. The summed E-state index contributed by atoms with van der Waals surface area (Å²) >= 11 is 0. The summed E-state index contributed by atoms with van der Waals surface area (Å²) in [6, 6.07) is 10.0. The minimum Gasteiger partial charge on any atom is -0.325 e. The highest BCUT2D eigenvalue weighted by Crippen LogP contribution is 2.42. The fourth-order valence-corrected chi connectivity index (χ4v) is 4.22. The zero-order valence-electron chi connectivity index (χ0n) is 13.4. The summed E-state index contributed by atoms with van der Waals surface area (Å²) in [6.07, 6.45) is 3.73. The molecule has 0 aliphatic carbocycles. The molecular formula is C18H23N3O2. The number of para-hydroxylation sites is 1. The molecule has 0 bridgehead atoms. The van der Waals surface area contributed by atoms with E-state index < -0.39 is 0 Å². The van der Waals surface area contributed by atoms with Gasteiger partial charge in [0, 0.05) is 50.2 Å². The molecule has 3 fully saturated rings. The molecule has 3 aliphatic rings. The Hall–Kier alpha value is -2.04. The second kappa shape index (κ2) is 5.55. The van der Waals surface area contributed by atoms with Crippen molar-refractivity contribution in [3.8, 4) is 0 Å². The lowest BCUT2D eigenvalue weighted by Crippen LogP contribution is -2.42. The van der Waals surface area contributed by atoms with Gasteiger partial charge in [0.25, 0.3) is 0 Å². The normalized spacial score (nSPS) is 27.5. The topological polar surface area (TPSA) is 43.9 Å². The third kappa shape index (κ3) is 2.58. The molecule has 3 aliphatic heterocycles. The summed E-state index contributed by atoms with van der Waals surface area (Å²) in [7, 11) is 0. The number of anilines is 1. The van der Waals surface area contributed by atoms with Gasteiger partial charge in [-0.15, -0.1) is 0 Å². The third-order valence-corrected chi connectivity index (χ3v) is 5.47. The first-order valence-electron chi connectivity index (χ1n) is 8.56. The maximum atomic E-state index is 12.6. The van der Waals surface area contributed by atoms with Crippen LogP contribution in [-0.4, -0.2) is 54.5 Å². The van der Waals surface area contributed by atoms with E-state index in [4.69, 9.17) is 0 Å². The second-order valence-corrected chi connectivity index (χ2v) is 7.14. The molecule has 1 atom stereocenters. The van der Waals surface area contributed by atoms with Crippen molar-refractivity contribution in [3.05, 3.63) is 30.3 Å². The average molecular weight is 313 g/mol. The van der Waals surface area contributed by atoms with E-state index in [9.17, 15) is 9.59 Å². The van der Waals surface area contributed by atoms with Crippen molar-refractivity contribution in [2.45, 2.75) is 25.7 Å². The molecule has 4 rings (SSSR count). The first-order valence-corrected chi connectivity index (χ1v) is 8.56. The van der Waals surface area contributed by atoms with Gasteiger partial charge in [-0.05, 0) is 31.4 Å². The van der Waals surface area contributed by atoms with Crippen molar-refractivity contribution in [2.24, 2.45) is 5.41 Å². The van der Waals surface area contributed by atoms with Crippen LogP contribution in [0.3, 0.4) is 0 Å². The Kier molecular flexibility index (Phi) is 3.51. The van der Waals surface area contributed by atoms with Crippen LogP contribution < -0.4 is 4.90 Å². The van der Waals surface area contributed by atoms with Gasteiger partial charge < -0.3 is 14.7 Å². The Labute approximate surface area is 136 Å². The van der Waals surface area contributed by atoms with Crippen LogP contribution >= 0.6 is 0 Å². The molecule has 1 unspecified atom stereocenters. The summed E-state index contributed by atoms with van der Waals surface area (Å²) in [6.45, 7) is 4.01. The summed E-state index contributed by atoms with van der Waals surface area (Å²) in [5.41, 5.74) is 0.918. The second-order valence-electron chi connectivity index (χ2n) is 7.14. The Bertz CT molecular complexity index is 612. The fraction of sp³-hybridized carbons (Fsp3) is 0.556. The quantitative estimate of drug-likeness (QED) is 0.799. The molecule has 1 spiro atoms. The number of hydrogen-bond acceptors (Lipinski definition) is 2. The molecule has 3 amide bonds. The van der Waals surface area contributed by atoms with Crippen molar-refractivity contribution in [3.63, 3.8) is 0 Å². The van der Waals surface area contributed by atoms with Crippen LogP contribution in [0.1, 0.15) is 25.7 Å². The van der Waals surface area contributed by atoms with Gasteiger partial charge in [-0.25, -0.2) is 4.79 Å². The van der Waals surface area contributed by atoms with Crippen molar-refractivity contribution >= 4 is 17.6 Å². The number of likely N-dealkylation sites (tertiary alicyclic amines) is 2. The van der Waals surface area contributed by atoms with Crippen molar-refractivity contribution in [2.75, 3.05) is 37.6 Å². The van der Waals surface area contributed by atoms with E-state index in [1.165, 1.54) is 0 Å². The third-order valence-electron chi connectivity index (χ3n) is 5.47. The smallest absolute Gasteiger partial charge is 0.320 e. The molecule has 5 nitrogen and oxygen atoms in total. The molecule has 1 aromatic rings. The Morgan fingerprint density at radius 2 is 1.70 bits per heavy atom. The van der Waals surface area contributed by atoms with Gasteiger partial charge in [-0.2, -0.15) is 0 Å². The minimum atomic E-state index is -0.0533. The van der Waals surface area contributed by atoms with Crippen molar-refractivity contribution in [1.29, 1.82) is 0 Å². The number of nitrogens with zero attached hydrogens (tertiary/aromatic N) is 3. The molecule has 0 radical (unpaired) electrons. The Morgan fingerprint density at radius 1 is 0.957 bits per heavy atom. The molecule has 1 aromatic carbocycles. The molecule has 5 heteroatoms. The number of hydrogen-bond donors (Lipinski definition) is 0. The number of amides is 3. The zero-order valence-corrected chi connectivity index (χ0v) is 13.4. The average Bonchev–Trinajstić information content (AvgIpc) is 3.29. The Morgan fingerprint density at radius 3 is 2.43 bits per heavy atom. The van der Waals surface area contributed by atoms with Gasteiger partial charge in [0.1, 0.15) is 0 Å². The van der Waals surface area contributed by atoms with Crippen LogP contribution in [0, 0.1) is 5.41 Å². The highest BCUT2D eigenvalue weighted by Gasteiger charge is 2.49.